The number of nitrogens with zero attached hydrogens (tertiary/aromatic N) is 1. The quantitative estimate of drug-likeness (QED) is 0.387. The lowest BCUT2D eigenvalue weighted by atomic mass is 10.1. The molecule has 0 aliphatic carbocycles. The van der Waals surface area contributed by atoms with E-state index in [0.29, 0.717) is 0 Å². The number of para-hydroxylation sites is 1. The van der Waals surface area contributed by atoms with Gasteiger partial charge in [-0.15, -0.1) is 0 Å². The molecule has 0 aliphatic heterocycles. The Morgan fingerprint density at radius 2 is 1.62 bits per heavy atom. The van der Waals surface area contributed by atoms with Crippen LogP contribution in [0, 0.1) is 0 Å². The normalized spacial score (nSPS) is 12.2. The van der Waals surface area contributed by atoms with Crippen LogP contribution in [-0.2, 0) is 0 Å². The zero-order valence-electron chi connectivity index (χ0n) is 12.7. The number of hydrogen-bond acceptors (Lipinski definition) is 2. The fourth-order valence-corrected chi connectivity index (χ4v) is 3.82. The van der Waals surface area contributed by atoms with Gasteiger partial charge < -0.3 is 9.40 Å². The largest absolute Gasteiger partial charge is 0.464 e. The molecule has 0 spiro atoms. The van der Waals surface area contributed by atoms with Crippen molar-refractivity contribution in [3.8, 4) is 0 Å². The van der Waals surface area contributed by atoms with Gasteiger partial charge in [0, 0.05) is 32.4 Å². The predicted molar refractivity (Wildman–Crippen MR) is 98.4 cm³/mol. The van der Waals surface area contributed by atoms with E-state index in [1.807, 2.05) is 12.1 Å². The molecule has 3 aromatic carbocycles. The molecule has 0 saturated carbocycles. The Bertz CT molecular complexity index is 1410. The number of aromatic amines is 1. The summed E-state index contributed by atoms with van der Waals surface area (Å²) in [5, 5.41) is 5.89. The molecule has 0 fully saturated rings. The average Bonchev–Trinajstić information content (AvgIpc) is 3.19. The molecule has 3 heteroatoms. The van der Waals surface area contributed by atoms with Gasteiger partial charge in [-0.25, -0.2) is 4.98 Å². The Morgan fingerprint density at radius 3 is 2.62 bits per heavy atom. The summed E-state index contributed by atoms with van der Waals surface area (Å²) in [5.74, 6) is 0. The van der Waals surface area contributed by atoms with Gasteiger partial charge in [0.1, 0.15) is 5.58 Å². The van der Waals surface area contributed by atoms with Gasteiger partial charge >= 0.3 is 0 Å². The number of rotatable bonds is 0. The molecule has 24 heavy (non-hydrogen) atoms. The molecular weight excluding hydrogens is 296 g/mol. The summed E-state index contributed by atoms with van der Waals surface area (Å²) in [6, 6.07) is 20.8. The summed E-state index contributed by atoms with van der Waals surface area (Å²) in [6.45, 7) is 0. The molecule has 112 valence electrons. The van der Waals surface area contributed by atoms with Gasteiger partial charge in [0.2, 0.25) is 0 Å². The number of aromatic nitrogens is 2. The van der Waals surface area contributed by atoms with Gasteiger partial charge in [-0.05, 0) is 36.4 Å². The zero-order valence-corrected chi connectivity index (χ0v) is 12.7. The Morgan fingerprint density at radius 1 is 0.750 bits per heavy atom. The number of nitrogens with one attached hydrogen (secondary N) is 1. The SMILES string of the molecule is c1ccc2c(c1)[nH]c1c2ccc2nc3c4cccoc4ccc3c21. The molecule has 1 N–H and O–H groups in total. The lowest BCUT2D eigenvalue weighted by Gasteiger charge is -1.98. The fraction of sp³-hybridized carbons (Fsp3) is 0. The monoisotopic (exact) mass is 308 g/mol. The van der Waals surface area contributed by atoms with E-state index in [9.17, 15) is 0 Å². The molecule has 3 aromatic heterocycles. The van der Waals surface area contributed by atoms with Crippen LogP contribution >= 0.6 is 0 Å². The summed E-state index contributed by atoms with van der Waals surface area (Å²) >= 11 is 0. The third-order valence-electron chi connectivity index (χ3n) is 4.88. The molecule has 6 rings (SSSR count). The predicted octanol–water partition coefficient (Wildman–Crippen LogP) is 5.77. The van der Waals surface area contributed by atoms with Crippen molar-refractivity contribution >= 4 is 54.6 Å². The lowest BCUT2D eigenvalue weighted by molar-refractivity contribution is 0.604. The standard InChI is InChI=1S/C21H12N2O/c1-2-6-16-12(4-1)13-7-9-17-19(21(13)22-16)15-8-10-18-14(20(15)23-17)5-3-11-24-18/h1-11,22H. The van der Waals surface area contributed by atoms with E-state index in [4.69, 9.17) is 9.40 Å². The molecular formula is C21H12N2O. The molecule has 0 bridgehead atoms. The van der Waals surface area contributed by atoms with Gasteiger partial charge in [-0.2, -0.15) is 0 Å². The molecule has 0 atom stereocenters. The van der Waals surface area contributed by atoms with Crippen LogP contribution in [0.2, 0.25) is 0 Å². The summed E-state index contributed by atoms with van der Waals surface area (Å²) in [7, 11) is 0. The van der Waals surface area contributed by atoms with Gasteiger partial charge in [0.15, 0.2) is 0 Å². The van der Waals surface area contributed by atoms with Crippen molar-refractivity contribution < 1.29 is 4.42 Å². The minimum absolute atomic E-state index is 0.862. The maximum atomic E-state index is 5.60. The Kier molecular flexibility index (Phi) is 2.10. The first-order valence-corrected chi connectivity index (χ1v) is 7.99. The average molecular weight is 308 g/mol. The molecule has 0 amide bonds. The molecule has 6 aromatic rings. The zero-order chi connectivity index (χ0) is 15.7. The second-order valence-electron chi connectivity index (χ2n) is 6.15. The van der Waals surface area contributed by atoms with Crippen molar-refractivity contribution in [2.75, 3.05) is 0 Å². The van der Waals surface area contributed by atoms with Crippen LogP contribution < -0.4 is 0 Å². The number of H-pyrrole nitrogens is 1. The van der Waals surface area contributed by atoms with Gasteiger partial charge in [0.05, 0.1) is 22.8 Å². The van der Waals surface area contributed by atoms with Crippen molar-refractivity contribution in [2.45, 2.75) is 0 Å². The van der Waals surface area contributed by atoms with E-state index >= 15 is 0 Å². The lowest BCUT2D eigenvalue weighted by Crippen LogP contribution is -1.74. The third kappa shape index (κ3) is 1.39. The topological polar surface area (TPSA) is 41.8 Å². The van der Waals surface area contributed by atoms with Crippen LogP contribution in [0.4, 0.5) is 0 Å². The molecule has 3 heterocycles. The van der Waals surface area contributed by atoms with Crippen LogP contribution in [0.5, 0.6) is 0 Å². The summed E-state index contributed by atoms with van der Waals surface area (Å²) in [4.78, 5) is 8.47. The second kappa shape index (κ2) is 4.15. The molecule has 0 aliphatic rings. The minimum atomic E-state index is 0.862. The maximum Gasteiger partial charge on any atom is 0.135 e. The Balaban J connectivity index is 1.91. The van der Waals surface area contributed by atoms with Crippen molar-refractivity contribution in [3.05, 3.63) is 66.9 Å². The van der Waals surface area contributed by atoms with Gasteiger partial charge in [-0.3, -0.25) is 0 Å². The highest BCUT2D eigenvalue weighted by atomic mass is 16.3. The minimum Gasteiger partial charge on any atom is -0.464 e. The fourth-order valence-electron chi connectivity index (χ4n) is 3.82. The summed E-state index contributed by atoms with van der Waals surface area (Å²) < 4.78 is 5.60. The summed E-state index contributed by atoms with van der Waals surface area (Å²) in [6.07, 6.45) is 1.70. The van der Waals surface area contributed by atoms with E-state index in [-0.39, 0.29) is 0 Å². The highest BCUT2D eigenvalue weighted by Gasteiger charge is 2.14. The number of hydrogen-bond donors (Lipinski definition) is 1. The number of fused-ring (bicyclic) bond motifs is 9. The smallest absolute Gasteiger partial charge is 0.135 e. The van der Waals surface area contributed by atoms with Gasteiger partial charge in [-0.1, -0.05) is 24.3 Å². The first-order chi connectivity index (χ1) is 11.9. The van der Waals surface area contributed by atoms with Crippen molar-refractivity contribution in [1.82, 2.24) is 9.97 Å². The highest BCUT2D eigenvalue weighted by Crippen LogP contribution is 2.37. The molecule has 0 unspecified atom stereocenters. The van der Waals surface area contributed by atoms with Crippen LogP contribution in [-0.4, -0.2) is 9.97 Å². The van der Waals surface area contributed by atoms with Crippen LogP contribution in [0.25, 0.3) is 54.6 Å². The van der Waals surface area contributed by atoms with Crippen molar-refractivity contribution in [1.29, 1.82) is 0 Å². The second-order valence-corrected chi connectivity index (χ2v) is 6.15. The van der Waals surface area contributed by atoms with Crippen molar-refractivity contribution in [3.63, 3.8) is 0 Å². The first kappa shape index (κ1) is 12.1. The maximum absolute atomic E-state index is 5.60. The van der Waals surface area contributed by atoms with E-state index in [2.05, 4.69) is 53.5 Å². The van der Waals surface area contributed by atoms with E-state index in [0.717, 1.165) is 38.4 Å². The van der Waals surface area contributed by atoms with E-state index in [1.54, 1.807) is 6.26 Å². The molecule has 0 saturated heterocycles. The Hall–Kier alpha value is -3.33. The summed E-state index contributed by atoms with van der Waals surface area (Å²) in [5.41, 5.74) is 5.19. The van der Waals surface area contributed by atoms with E-state index in [1.165, 1.54) is 16.2 Å². The van der Waals surface area contributed by atoms with Crippen LogP contribution in [0.1, 0.15) is 0 Å². The van der Waals surface area contributed by atoms with Gasteiger partial charge in [0.25, 0.3) is 0 Å². The Labute approximate surface area is 136 Å². The third-order valence-corrected chi connectivity index (χ3v) is 4.88. The van der Waals surface area contributed by atoms with Crippen molar-refractivity contribution in [2.24, 2.45) is 0 Å². The van der Waals surface area contributed by atoms with Crippen LogP contribution in [0.15, 0.2) is 71.3 Å². The highest BCUT2D eigenvalue weighted by molar-refractivity contribution is 6.26. The first-order valence-electron chi connectivity index (χ1n) is 7.99. The van der Waals surface area contributed by atoms with E-state index < -0.39 is 0 Å². The molecule has 3 nitrogen and oxygen atoms in total. The molecule has 0 radical (unpaired) electrons. The van der Waals surface area contributed by atoms with Crippen LogP contribution in [0.3, 0.4) is 0 Å². The number of benzene rings is 3.